The van der Waals surface area contributed by atoms with E-state index in [1.165, 1.54) is 12.8 Å². The second-order valence-corrected chi connectivity index (χ2v) is 6.06. The topological polar surface area (TPSA) is 54.9 Å². The highest BCUT2D eigenvalue weighted by Gasteiger charge is 2.28. The third-order valence-electron chi connectivity index (χ3n) is 3.16. The second-order valence-electron chi connectivity index (χ2n) is 4.55. The fourth-order valence-corrected chi connectivity index (χ4v) is 3.45. The predicted molar refractivity (Wildman–Crippen MR) is 73.8 cm³/mol. The summed E-state index contributed by atoms with van der Waals surface area (Å²) in [7, 11) is 0. The molecule has 5 heteroatoms. The zero-order valence-corrected chi connectivity index (χ0v) is 11.7. The second kappa shape index (κ2) is 6.18. The number of thioether (sulfide) groups is 1. The van der Waals surface area contributed by atoms with Crippen LogP contribution in [0.4, 0.5) is 0 Å². The SMILES string of the molecule is CCS[C@@H]1CCC[C@@H]1NC(=O)c1cnc(C)cn1. The van der Waals surface area contributed by atoms with Crippen molar-refractivity contribution in [2.45, 2.75) is 44.4 Å². The minimum atomic E-state index is -0.101. The number of hydrogen-bond acceptors (Lipinski definition) is 4. The molecule has 1 N–H and O–H groups in total. The van der Waals surface area contributed by atoms with Crippen molar-refractivity contribution < 1.29 is 4.79 Å². The summed E-state index contributed by atoms with van der Waals surface area (Å²) in [5, 5.41) is 3.64. The molecule has 1 aromatic heterocycles. The number of amides is 1. The third-order valence-corrected chi connectivity index (χ3v) is 4.49. The van der Waals surface area contributed by atoms with E-state index in [0.29, 0.717) is 10.9 Å². The molecule has 2 rings (SSSR count). The van der Waals surface area contributed by atoms with Crippen LogP contribution in [0.25, 0.3) is 0 Å². The molecule has 0 aromatic carbocycles. The van der Waals surface area contributed by atoms with Gasteiger partial charge in [-0.25, -0.2) is 4.98 Å². The first-order chi connectivity index (χ1) is 8.70. The number of hydrogen-bond donors (Lipinski definition) is 1. The summed E-state index contributed by atoms with van der Waals surface area (Å²) in [6.45, 7) is 4.02. The van der Waals surface area contributed by atoms with Crippen LogP contribution in [0.15, 0.2) is 12.4 Å². The quantitative estimate of drug-likeness (QED) is 0.906. The van der Waals surface area contributed by atoms with Gasteiger partial charge in [0, 0.05) is 17.5 Å². The molecule has 0 bridgehead atoms. The first kappa shape index (κ1) is 13.3. The van der Waals surface area contributed by atoms with E-state index in [0.717, 1.165) is 17.9 Å². The lowest BCUT2D eigenvalue weighted by Crippen LogP contribution is -2.39. The van der Waals surface area contributed by atoms with E-state index in [1.54, 1.807) is 12.4 Å². The maximum absolute atomic E-state index is 12.0. The molecular weight excluding hydrogens is 246 g/mol. The molecule has 1 saturated carbocycles. The molecule has 98 valence electrons. The molecular formula is C13H19N3OS. The molecule has 0 saturated heterocycles. The summed E-state index contributed by atoms with van der Waals surface area (Å²) in [4.78, 5) is 20.3. The lowest BCUT2D eigenvalue weighted by atomic mass is 10.2. The van der Waals surface area contributed by atoms with Crippen LogP contribution in [-0.4, -0.2) is 32.9 Å². The van der Waals surface area contributed by atoms with Gasteiger partial charge >= 0.3 is 0 Å². The van der Waals surface area contributed by atoms with Crippen molar-refractivity contribution >= 4 is 17.7 Å². The third kappa shape index (κ3) is 3.22. The Hall–Kier alpha value is -1.10. The molecule has 0 radical (unpaired) electrons. The summed E-state index contributed by atoms with van der Waals surface area (Å²) in [6.07, 6.45) is 6.64. The molecule has 1 aromatic rings. The highest BCUT2D eigenvalue weighted by atomic mass is 32.2. The Morgan fingerprint density at radius 3 is 2.94 bits per heavy atom. The minimum absolute atomic E-state index is 0.101. The highest BCUT2D eigenvalue weighted by molar-refractivity contribution is 7.99. The summed E-state index contributed by atoms with van der Waals surface area (Å²) in [5.41, 5.74) is 1.24. The minimum Gasteiger partial charge on any atom is -0.347 e. The van der Waals surface area contributed by atoms with Crippen molar-refractivity contribution in [3.63, 3.8) is 0 Å². The van der Waals surface area contributed by atoms with Crippen LogP contribution in [0, 0.1) is 6.92 Å². The first-order valence-electron chi connectivity index (χ1n) is 6.42. The summed E-state index contributed by atoms with van der Waals surface area (Å²) in [5.74, 6) is 0.998. The van der Waals surface area contributed by atoms with Gasteiger partial charge in [0.25, 0.3) is 5.91 Å². The smallest absolute Gasteiger partial charge is 0.271 e. The van der Waals surface area contributed by atoms with Gasteiger partial charge in [0.05, 0.1) is 11.9 Å². The van der Waals surface area contributed by atoms with E-state index in [-0.39, 0.29) is 11.9 Å². The van der Waals surface area contributed by atoms with Crippen LogP contribution in [0.3, 0.4) is 0 Å². The van der Waals surface area contributed by atoms with Crippen molar-refractivity contribution in [3.8, 4) is 0 Å². The number of carbonyl (C=O) groups is 1. The van der Waals surface area contributed by atoms with Crippen molar-refractivity contribution in [2.75, 3.05) is 5.75 Å². The van der Waals surface area contributed by atoms with Gasteiger partial charge in [0.1, 0.15) is 5.69 Å². The van der Waals surface area contributed by atoms with Crippen molar-refractivity contribution in [1.82, 2.24) is 15.3 Å². The first-order valence-corrected chi connectivity index (χ1v) is 7.46. The number of aryl methyl sites for hydroxylation is 1. The number of carbonyl (C=O) groups excluding carboxylic acids is 1. The molecule has 2 atom stereocenters. The predicted octanol–water partition coefficient (Wildman–Crippen LogP) is 2.19. The maximum Gasteiger partial charge on any atom is 0.271 e. The van der Waals surface area contributed by atoms with Crippen LogP contribution < -0.4 is 5.32 Å². The van der Waals surface area contributed by atoms with Crippen LogP contribution in [0.2, 0.25) is 0 Å². The molecule has 1 aliphatic carbocycles. The van der Waals surface area contributed by atoms with Gasteiger partial charge in [-0.2, -0.15) is 11.8 Å². The van der Waals surface area contributed by atoms with E-state index < -0.39 is 0 Å². The van der Waals surface area contributed by atoms with Crippen molar-refractivity contribution in [3.05, 3.63) is 23.8 Å². The number of rotatable bonds is 4. The maximum atomic E-state index is 12.0. The van der Waals surface area contributed by atoms with E-state index in [9.17, 15) is 4.79 Å². The molecule has 0 unspecified atom stereocenters. The van der Waals surface area contributed by atoms with Gasteiger partial charge in [-0.05, 0) is 25.5 Å². The van der Waals surface area contributed by atoms with Crippen LogP contribution in [-0.2, 0) is 0 Å². The summed E-state index contributed by atoms with van der Waals surface area (Å²) in [6, 6.07) is 0.283. The van der Waals surface area contributed by atoms with E-state index in [2.05, 4.69) is 22.2 Å². The van der Waals surface area contributed by atoms with Crippen LogP contribution in [0.5, 0.6) is 0 Å². The largest absolute Gasteiger partial charge is 0.347 e. The standard InChI is InChI=1S/C13H19N3OS/c1-3-18-12-6-4-5-10(12)16-13(17)11-8-14-9(2)7-15-11/h7-8,10,12H,3-6H2,1-2H3,(H,16,17)/t10-,12+/m0/s1. The zero-order valence-electron chi connectivity index (χ0n) is 10.8. The summed E-state index contributed by atoms with van der Waals surface area (Å²) >= 11 is 1.94. The van der Waals surface area contributed by atoms with E-state index >= 15 is 0 Å². The van der Waals surface area contributed by atoms with Gasteiger partial charge in [-0.1, -0.05) is 13.3 Å². The molecule has 1 amide bonds. The Bertz CT molecular complexity index is 407. The van der Waals surface area contributed by atoms with Crippen molar-refractivity contribution in [1.29, 1.82) is 0 Å². The molecule has 1 fully saturated rings. The monoisotopic (exact) mass is 265 g/mol. The molecule has 1 heterocycles. The summed E-state index contributed by atoms with van der Waals surface area (Å²) < 4.78 is 0. The Kier molecular flexibility index (Phi) is 4.58. The molecule has 4 nitrogen and oxygen atoms in total. The highest BCUT2D eigenvalue weighted by Crippen LogP contribution is 2.29. The number of aromatic nitrogens is 2. The van der Waals surface area contributed by atoms with Gasteiger partial charge in [0.15, 0.2) is 0 Å². The average molecular weight is 265 g/mol. The number of nitrogens with zero attached hydrogens (tertiary/aromatic N) is 2. The molecule has 1 aliphatic rings. The number of nitrogens with one attached hydrogen (secondary N) is 1. The lowest BCUT2D eigenvalue weighted by molar-refractivity contribution is 0.0933. The van der Waals surface area contributed by atoms with E-state index in [1.807, 2.05) is 18.7 Å². The van der Waals surface area contributed by atoms with E-state index in [4.69, 9.17) is 0 Å². The Morgan fingerprint density at radius 2 is 2.28 bits per heavy atom. The van der Waals surface area contributed by atoms with Gasteiger partial charge in [0.2, 0.25) is 0 Å². The van der Waals surface area contributed by atoms with Crippen LogP contribution in [0.1, 0.15) is 42.4 Å². The molecule has 0 spiro atoms. The lowest BCUT2D eigenvalue weighted by Gasteiger charge is -2.19. The molecule has 18 heavy (non-hydrogen) atoms. The van der Waals surface area contributed by atoms with Gasteiger partial charge in [-0.3, -0.25) is 9.78 Å². The zero-order chi connectivity index (χ0) is 13.0. The average Bonchev–Trinajstić information content (AvgIpc) is 2.78. The molecule has 0 aliphatic heterocycles. The van der Waals surface area contributed by atoms with Gasteiger partial charge in [-0.15, -0.1) is 0 Å². The normalized spacial score (nSPS) is 23.0. The van der Waals surface area contributed by atoms with Crippen molar-refractivity contribution in [2.24, 2.45) is 0 Å². The Labute approximate surface area is 112 Å². The Balaban J connectivity index is 1.96. The Morgan fingerprint density at radius 1 is 1.44 bits per heavy atom. The van der Waals surface area contributed by atoms with Gasteiger partial charge < -0.3 is 5.32 Å². The van der Waals surface area contributed by atoms with Crippen LogP contribution >= 0.6 is 11.8 Å². The fraction of sp³-hybridized carbons (Fsp3) is 0.615. The fourth-order valence-electron chi connectivity index (χ4n) is 2.26.